The summed E-state index contributed by atoms with van der Waals surface area (Å²) >= 11 is 0. The van der Waals surface area contributed by atoms with Crippen LogP contribution in [-0.2, 0) is 13.1 Å². The highest BCUT2D eigenvalue weighted by Gasteiger charge is 2.04. The van der Waals surface area contributed by atoms with Crippen LogP contribution >= 0.6 is 24.0 Å². The quantitative estimate of drug-likeness (QED) is 0.489. The average Bonchev–Trinajstić information content (AvgIpc) is 2.75. The van der Waals surface area contributed by atoms with Crippen LogP contribution < -0.4 is 5.73 Å². The summed E-state index contributed by atoms with van der Waals surface area (Å²) in [5, 5.41) is 7.85. The zero-order valence-electron chi connectivity index (χ0n) is 10.6. The number of nitrogens with zero attached hydrogens (tertiary/aromatic N) is 5. The normalized spacial score (nSPS) is 11.1. The van der Waals surface area contributed by atoms with Crippen LogP contribution in [0.4, 0.5) is 0 Å². The van der Waals surface area contributed by atoms with Crippen LogP contribution in [0.25, 0.3) is 0 Å². The second-order valence-corrected chi connectivity index (χ2v) is 3.38. The molecule has 0 aliphatic heterocycles. The number of hydrogen-bond acceptors (Lipinski definition) is 3. The van der Waals surface area contributed by atoms with E-state index >= 15 is 0 Å². The highest BCUT2D eigenvalue weighted by molar-refractivity contribution is 14.0. The van der Waals surface area contributed by atoms with Crippen molar-refractivity contribution in [3.63, 3.8) is 0 Å². The standard InChI is InChI=1S/C10H20N6.HI/c1-4-15(5-2)10(11)12-7-9-14-13-8-16(9)6-3;/h8H,4-7H2,1-3H3,(H2,11,12);1H. The molecule has 98 valence electrons. The Bertz CT molecular complexity index is 344. The van der Waals surface area contributed by atoms with Crippen molar-refractivity contribution in [2.75, 3.05) is 13.1 Å². The van der Waals surface area contributed by atoms with E-state index < -0.39 is 0 Å². The molecule has 0 spiro atoms. The molecule has 7 heteroatoms. The van der Waals surface area contributed by atoms with Gasteiger partial charge in [0.05, 0.1) is 0 Å². The number of guanidine groups is 1. The molecule has 1 aromatic heterocycles. The summed E-state index contributed by atoms with van der Waals surface area (Å²) in [6.45, 7) is 9.23. The van der Waals surface area contributed by atoms with Gasteiger partial charge in [-0.3, -0.25) is 0 Å². The number of nitrogens with two attached hydrogens (primary N) is 1. The first-order valence-corrected chi connectivity index (χ1v) is 5.64. The largest absolute Gasteiger partial charge is 0.370 e. The molecule has 0 aliphatic carbocycles. The SMILES string of the molecule is CCN(CC)C(N)=NCc1nncn1CC.I. The Morgan fingerprint density at radius 2 is 2.06 bits per heavy atom. The van der Waals surface area contributed by atoms with E-state index in [1.807, 2.05) is 16.4 Å². The molecule has 0 fully saturated rings. The topological polar surface area (TPSA) is 72.3 Å². The van der Waals surface area contributed by atoms with E-state index in [1.54, 1.807) is 6.33 Å². The number of halogens is 1. The van der Waals surface area contributed by atoms with E-state index in [4.69, 9.17) is 5.73 Å². The summed E-state index contributed by atoms with van der Waals surface area (Å²) in [4.78, 5) is 6.32. The first kappa shape index (κ1) is 16.1. The van der Waals surface area contributed by atoms with E-state index in [0.717, 1.165) is 25.5 Å². The fourth-order valence-electron chi connectivity index (χ4n) is 1.46. The van der Waals surface area contributed by atoms with E-state index in [0.29, 0.717) is 12.5 Å². The summed E-state index contributed by atoms with van der Waals surface area (Å²) in [6, 6.07) is 0. The maximum atomic E-state index is 5.87. The molecule has 1 heterocycles. The lowest BCUT2D eigenvalue weighted by molar-refractivity contribution is 0.457. The molecule has 0 aliphatic rings. The molecule has 2 N–H and O–H groups in total. The fourth-order valence-corrected chi connectivity index (χ4v) is 1.46. The van der Waals surface area contributed by atoms with Crippen molar-refractivity contribution in [1.29, 1.82) is 0 Å². The Morgan fingerprint density at radius 1 is 1.41 bits per heavy atom. The molecule has 0 bridgehead atoms. The molecular weight excluding hydrogens is 331 g/mol. The van der Waals surface area contributed by atoms with Gasteiger partial charge in [-0.05, 0) is 20.8 Å². The fraction of sp³-hybridized carbons (Fsp3) is 0.700. The molecule has 0 aromatic carbocycles. The molecule has 1 rings (SSSR count). The van der Waals surface area contributed by atoms with Gasteiger partial charge in [-0.15, -0.1) is 34.2 Å². The highest BCUT2D eigenvalue weighted by atomic mass is 127. The number of aliphatic imine (C=N–C) groups is 1. The monoisotopic (exact) mass is 352 g/mol. The summed E-state index contributed by atoms with van der Waals surface area (Å²) in [5.41, 5.74) is 5.87. The van der Waals surface area contributed by atoms with Gasteiger partial charge < -0.3 is 15.2 Å². The van der Waals surface area contributed by atoms with Crippen molar-refractivity contribution < 1.29 is 0 Å². The van der Waals surface area contributed by atoms with Crippen molar-refractivity contribution in [2.24, 2.45) is 10.7 Å². The minimum absolute atomic E-state index is 0. The molecule has 0 radical (unpaired) electrons. The molecule has 0 amide bonds. The van der Waals surface area contributed by atoms with Gasteiger partial charge in [0.15, 0.2) is 11.8 Å². The number of aromatic nitrogens is 3. The van der Waals surface area contributed by atoms with Crippen molar-refractivity contribution in [2.45, 2.75) is 33.9 Å². The Kier molecular flexibility index (Phi) is 7.85. The minimum atomic E-state index is 0. The van der Waals surface area contributed by atoms with Crippen LogP contribution in [0.3, 0.4) is 0 Å². The summed E-state index contributed by atoms with van der Waals surface area (Å²) in [6.07, 6.45) is 1.71. The van der Waals surface area contributed by atoms with Gasteiger partial charge in [-0.25, -0.2) is 4.99 Å². The first-order valence-electron chi connectivity index (χ1n) is 5.64. The maximum Gasteiger partial charge on any atom is 0.191 e. The number of aryl methyl sites for hydroxylation is 1. The van der Waals surface area contributed by atoms with Gasteiger partial charge in [0.25, 0.3) is 0 Å². The van der Waals surface area contributed by atoms with Gasteiger partial charge in [-0.1, -0.05) is 0 Å². The maximum absolute atomic E-state index is 5.87. The second kappa shape index (κ2) is 8.26. The van der Waals surface area contributed by atoms with Crippen LogP contribution in [-0.4, -0.2) is 38.7 Å². The summed E-state index contributed by atoms with van der Waals surface area (Å²) in [5.74, 6) is 1.41. The zero-order valence-corrected chi connectivity index (χ0v) is 13.0. The zero-order chi connectivity index (χ0) is 12.0. The van der Waals surface area contributed by atoms with Crippen molar-refractivity contribution in [1.82, 2.24) is 19.7 Å². The van der Waals surface area contributed by atoms with E-state index in [1.165, 1.54) is 0 Å². The molecule has 0 saturated heterocycles. The van der Waals surface area contributed by atoms with Crippen LogP contribution in [0, 0.1) is 0 Å². The van der Waals surface area contributed by atoms with Gasteiger partial charge >= 0.3 is 0 Å². The highest BCUT2D eigenvalue weighted by Crippen LogP contribution is 1.98. The third kappa shape index (κ3) is 4.49. The van der Waals surface area contributed by atoms with Gasteiger partial charge in [0, 0.05) is 19.6 Å². The van der Waals surface area contributed by atoms with Gasteiger partial charge in [0.1, 0.15) is 12.9 Å². The van der Waals surface area contributed by atoms with Crippen LogP contribution in [0.1, 0.15) is 26.6 Å². The molecule has 17 heavy (non-hydrogen) atoms. The summed E-state index contributed by atoms with van der Waals surface area (Å²) < 4.78 is 1.96. The Labute approximate surface area is 119 Å². The predicted octanol–water partition coefficient (Wildman–Crippen LogP) is 1.07. The van der Waals surface area contributed by atoms with Gasteiger partial charge in [0.2, 0.25) is 0 Å². The van der Waals surface area contributed by atoms with Crippen LogP contribution in [0.5, 0.6) is 0 Å². The molecule has 6 nitrogen and oxygen atoms in total. The third-order valence-electron chi connectivity index (χ3n) is 2.51. The van der Waals surface area contributed by atoms with Gasteiger partial charge in [-0.2, -0.15) is 0 Å². The Morgan fingerprint density at radius 3 is 2.59 bits per heavy atom. The lowest BCUT2D eigenvalue weighted by Crippen LogP contribution is -2.37. The first-order chi connectivity index (χ1) is 7.72. The summed E-state index contributed by atoms with van der Waals surface area (Å²) in [7, 11) is 0. The minimum Gasteiger partial charge on any atom is -0.370 e. The Balaban J connectivity index is 0.00000256. The number of rotatable bonds is 5. The molecule has 1 aromatic rings. The van der Waals surface area contributed by atoms with Crippen molar-refractivity contribution in [3.05, 3.63) is 12.2 Å². The predicted molar refractivity (Wildman–Crippen MR) is 79.4 cm³/mol. The van der Waals surface area contributed by atoms with E-state index in [2.05, 4.69) is 29.0 Å². The van der Waals surface area contributed by atoms with E-state index in [9.17, 15) is 0 Å². The van der Waals surface area contributed by atoms with E-state index in [-0.39, 0.29) is 24.0 Å². The second-order valence-electron chi connectivity index (χ2n) is 3.38. The van der Waals surface area contributed by atoms with Crippen molar-refractivity contribution >= 4 is 29.9 Å². The molecule has 0 atom stereocenters. The van der Waals surface area contributed by atoms with Crippen molar-refractivity contribution in [3.8, 4) is 0 Å². The smallest absolute Gasteiger partial charge is 0.191 e. The molecule has 0 saturated carbocycles. The van der Waals surface area contributed by atoms with Crippen LogP contribution in [0.2, 0.25) is 0 Å². The molecule has 0 unspecified atom stereocenters. The molecular formula is C10H21IN6. The lowest BCUT2D eigenvalue weighted by atomic mass is 10.5. The third-order valence-corrected chi connectivity index (χ3v) is 2.51. The Hall–Kier alpha value is -0.860. The van der Waals surface area contributed by atoms with Crippen LogP contribution in [0.15, 0.2) is 11.3 Å². The lowest BCUT2D eigenvalue weighted by Gasteiger charge is -2.19. The average molecular weight is 352 g/mol. The number of hydrogen-bond donors (Lipinski definition) is 1.